The van der Waals surface area contributed by atoms with E-state index in [0.29, 0.717) is 0 Å². The minimum absolute atomic E-state index is 0.804. The van der Waals surface area contributed by atoms with E-state index >= 15 is 0 Å². The highest BCUT2D eigenvalue weighted by atomic mass is 14.3. The summed E-state index contributed by atoms with van der Waals surface area (Å²) in [5.74, 6) is 1.80. The summed E-state index contributed by atoms with van der Waals surface area (Å²) in [6.07, 6.45) is 13.4. The molecule has 9 heavy (non-hydrogen) atoms. The van der Waals surface area contributed by atoms with Gasteiger partial charge in [0, 0.05) is 0 Å². The molecule has 2 rings (SSSR count). The van der Waals surface area contributed by atoms with Crippen molar-refractivity contribution >= 4 is 0 Å². The first-order valence-corrected chi connectivity index (χ1v) is 3.82. The summed E-state index contributed by atoms with van der Waals surface area (Å²) in [4.78, 5) is 0. The fourth-order valence-corrected chi connectivity index (χ4v) is 1.59. The van der Waals surface area contributed by atoms with Crippen LogP contribution in [0.3, 0.4) is 0 Å². The van der Waals surface area contributed by atoms with Crippen LogP contribution in [0, 0.1) is 11.8 Å². The summed E-state index contributed by atoms with van der Waals surface area (Å²) in [6.45, 7) is 0. The lowest BCUT2D eigenvalue weighted by Crippen LogP contribution is -2.17. The predicted molar refractivity (Wildman–Crippen MR) is 39.1 cm³/mol. The van der Waals surface area contributed by atoms with E-state index in [1.165, 1.54) is 19.3 Å². The summed E-state index contributed by atoms with van der Waals surface area (Å²) in [6, 6.07) is 0. The van der Waals surface area contributed by atoms with Crippen LogP contribution in [-0.4, -0.2) is 0 Å². The van der Waals surface area contributed by atoms with Crippen molar-refractivity contribution in [2.75, 3.05) is 0 Å². The molecule has 0 amide bonds. The monoisotopic (exact) mass is 120 g/mol. The average molecular weight is 120 g/mol. The molecule has 0 aromatic rings. The van der Waals surface area contributed by atoms with Gasteiger partial charge in [0.05, 0.1) is 0 Å². The number of hydrogen-bond acceptors (Lipinski definition) is 0. The van der Waals surface area contributed by atoms with Crippen LogP contribution in [0.15, 0.2) is 24.3 Å². The van der Waals surface area contributed by atoms with Gasteiger partial charge < -0.3 is 0 Å². The maximum absolute atomic E-state index is 2.32. The second kappa shape index (κ2) is 2.02. The number of hydrogen-bond donors (Lipinski definition) is 0. The molecule has 0 nitrogen and oxygen atoms in total. The third-order valence-corrected chi connectivity index (χ3v) is 2.47. The zero-order valence-corrected chi connectivity index (χ0v) is 5.59. The van der Waals surface area contributed by atoms with Gasteiger partial charge in [-0.3, -0.25) is 0 Å². The highest BCUT2D eigenvalue weighted by molar-refractivity contribution is 5.19. The SMILES string of the molecule is C1=CC(C2CCC2)C=C1. The third kappa shape index (κ3) is 0.827. The molecule has 0 heteroatoms. The zero-order chi connectivity index (χ0) is 6.10. The molecule has 1 saturated carbocycles. The van der Waals surface area contributed by atoms with Crippen molar-refractivity contribution in [2.45, 2.75) is 19.3 Å². The lowest BCUT2D eigenvalue weighted by molar-refractivity contribution is 0.275. The van der Waals surface area contributed by atoms with Crippen LogP contribution in [0.1, 0.15) is 19.3 Å². The van der Waals surface area contributed by atoms with Gasteiger partial charge >= 0.3 is 0 Å². The molecule has 48 valence electrons. The quantitative estimate of drug-likeness (QED) is 0.499. The lowest BCUT2D eigenvalue weighted by Gasteiger charge is -2.28. The molecule has 0 aromatic carbocycles. The number of allylic oxidation sites excluding steroid dienone is 4. The molecule has 0 bridgehead atoms. The standard InChI is InChI=1S/C9H12/c1-2-5-8(4-1)9-6-3-7-9/h1-2,4-5,8-9H,3,6-7H2. The Hall–Kier alpha value is -0.520. The van der Waals surface area contributed by atoms with E-state index in [1.54, 1.807) is 0 Å². The van der Waals surface area contributed by atoms with Gasteiger partial charge in [-0.05, 0) is 24.7 Å². The van der Waals surface area contributed by atoms with Gasteiger partial charge in [-0.1, -0.05) is 30.7 Å². The zero-order valence-electron chi connectivity index (χ0n) is 5.59. The summed E-state index contributed by atoms with van der Waals surface area (Å²) in [5, 5.41) is 0. The van der Waals surface area contributed by atoms with Crippen LogP contribution in [0.4, 0.5) is 0 Å². The minimum atomic E-state index is 0.804. The summed E-state index contributed by atoms with van der Waals surface area (Å²) < 4.78 is 0. The van der Waals surface area contributed by atoms with Crippen molar-refractivity contribution < 1.29 is 0 Å². The van der Waals surface area contributed by atoms with Crippen LogP contribution in [0.2, 0.25) is 0 Å². The molecule has 0 aliphatic heterocycles. The molecule has 0 radical (unpaired) electrons. The summed E-state index contributed by atoms with van der Waals surface area (Å²) in [5.41, 5.74) is 0. The first kappa shape index (κ1) is 5.28. The normalized spacial score (nSPS) is 27.1. The van der Waals surface area contributed by atoms with Crippen LogP contribution in [0.5, 0.6) is 0 Å². The van der Waals surface area contributed by atoms with Crippen molar-refractivity contribution in [3.63, 3.8) is 0 Å². The van der Waals surface area contributed by atoms with Crippen LogP contribution in [0.25, 0.3) is 0 Å². The van der Waals surface area contributed by atoms with Crippen molar-refractivity contribution in [3.8, 4) is 0 Å². The summed E-state index contributed by atoms with van der Waals surface area (Å²) >= 11 is 0. The van der Waals surface area contributed by atoms with E-state index in [0.717, 1.165) is 11.8 Å². The van der Waals surface area contributed by atoms with E-state index in [2.05, 4.69) is 24.3 Å². The Kier molecular flexibility index (Phi) is 1.18. The molecule has 0 spiro atoms. The maximum atomic E-state index is 2.32. The highest BCUT2D eigenvalue weighted by Crippen LogP contribution is 2.36. The van der Waals surface area contributed by atoms with E-state index in [4.69, 9.17) is 0 Å². The highest BCUT2D eigenvalue weighted by Gasteiger charge is 2.24. The Labute approximate surface area is 56.3 Å². The van der Waals surface area contributed by atoms with Gasteiger partial charge in [0.25, 0.3) is 0 Å². The Morgan fingerprint density at radius 2 is 1.67 bits per heavy atom. The molecule has 0 atom stereocenters. The smallest absolute Gasteiger partial charge is 0.00190 e. The fraction of sp³-hybridized carbons (Fsp3) is 0.556. The first-order valence-electron chi connectivity index (χ1n) is 3.82. The fourth-order valence-electron chi connectivity index (χ4n) is 1.59. The van der Waals surface area contributed by atoms with Gasteiger partial charge in [-0.25, -0.2) is 0 Å². The van der Waals surface area contributed by atoms with Crippen LogP contribution in [-0.2, 0) is 0 Å². The molecule has 0 saturated heterocycles. The minimum Gasteiger partial charge on any atom is -0.0773 e. The number of rotatable bonds is 1. The molecule has 2 aliphatic rings. The second-order valence-corrected chi connectivity index (χ2v) is 3.04. The largest absolute Gasteiger partial charge is 0.0773 e. The molecule has 0 unspecified atom stereocenters. The second-order valence-electron chi connectivity index (χ2n) is 3.04. The molecule has 0 heterocycles. The van der Waals surface area contributed by atoms with E-state index in [-0.39, 0.29) is 0 Å². The van der Waals surface area contributed by atoms with Gasteiger partial charge in [0.15, 0.2) is 0 Å². The van der Waals surface area contributed by atoms with Crippen molar-refractivity contribution in [2.24, 2.45) is 11.8 Å². The van der Waals surface area contributed by atoms with Crippen molar-refractivity contribution in [1.82, 2.24) is 0 Å². The first-order chi connectivity index (χ1) is 4.47. The molecular formula is C9H12. The average Bonchev–Trinajstić information content (AvgIpc) is 2.11. The van der Waals surface area contributed by atoms with Crippen LogP contribution >= 0.6 is 0 Å². The van der Waals surface area contributed by atoms with Crippen LogP contribution < -0.4 is 0 Å². The van der Waals surface area contributed by atoms with Gasteiger partial charge in [0.1, 0.15) is 0 Å². The van der Waals surface area contributed by atoms with Gasteiger partial charge in [-0.15, -0.1) is 0 Å². The van der Waals surface area contributed by atoms with E-state index in [9.17, 15) is 0 Å². The third-order valence-electron chi connectivity index (χ3n) is 2.47. The molecule has 0 N–H and O–H groups in total. The molecule has 0 aromatic heterocycles. The topological polar surface area (TPSA) is 0 Å². The van der Waals surface area contributed by atoms with E-state index < -0.39 is 0 Å². The van der Waals surface area contributed by atoms with Crippen molar-refractivity contribution in [3.05, 3.63) is 24.3 Å². The van der Waals surface area contributed by atoms with E-state index in [1.807, 2.05) is 0 Å². The predicted octanol–water partition coefficient (Wildman–Crippen LogP) is 2.53. The Balaban J connectivity index is 1.97. The Morgan fingerprint density at radius 1 is 1.00 bits per heavy atom. The lowest BCUT2D eigenvalue weighted by atomic mass is 9.76. The van der Waals surface area contributed by atoms with Crippen molar-refractivity contribution in [1.29, 1.82) is 0 Å². The molecule has 2 aliphatic carbocycles. The van der Waals surface area contributed by atoms with Gasteiger partial charge in [-0.2, -0.15) is 0 Å². The van der Waals surface area contributed by atoms with Gasteiger partial charge in [0.2, 0.25) is 0 Å². The maximum Gasteiger partial charge on any atom is -0.00190 e. The summed E-state index contributed by atoms with van der Waals surface area (Å²) in [7, 11) is 0. The molecule has 1 fully saturated rings. The molecular weight excluding hydrogens is 108 g/mol. The Bertz CT molecular complexity index is 137. The Morgan fingerprint density at radius 3 is 2.11 bits per heavy atom.